The smallest absolute Gasteiger partial charge is 0.0692 e. The minimum Gasteiger partial charge on any atom is -0.392 e. The minimum absolute atomic E-state index is 0.243. The fourth-order valence-corrected chi connectivity index (χ4v) is 2.35. The molecule has 2 N–H and O–H groups in total. The van der Waals surface area contributed by atoms with E-state index in [-0.39, 0.29) is 12.1 Å². The molecule has 0 bridgehead atoms. The van der Waals surface area contributed by atoms with Gasteiger partial charge in [0.1, 0.15) is 0 Å². The van der Waals surface area contributed by atoms with Crippen LogP contribution in [0.5, 0.6) is 0 Å². The quantitative estimate of drug-likeness (QED) is 0.776. The van der Waals surface area contributed by atoms with Gasteiger partial charge in [-0.05, 0) is 25.3 Å². The van der Waals surface area contributed by atoms with E-state index in [0.717, 1.165) is 12.8 Å². The van der Waals surface area contributed by atoms with Crippen LogP contribution in [-0.4, -0.2) is 17.8 Å². The molecule has 0 saturated heterocycles. The molecule has 0 amide bonds. The monoisotopic (exact) mass is 249 g/mol. The van der Waals surface area contributed by atoms with Gasteiger partial charge in [0.05, 0.1) is 6.10 Å². The second-order valence-electron chi connectivity index (χ2n) is 5.19. The molecule has 2 heteroatoms. The molecular weight excluding hydrogens is 222 g/mol. The molecule has 0 fully saturated rings. The van der Waals surface area contributed by atoms with Crippen molar-refractivity contribution in [1.29, 1.82) is 0 Å². The summed E-state index contributed by atoms with van der Waals surface area (Å²) in [6.07, 6.45) is 1.84. The summed E-state index contributed by atoms with van der Waals surface area (Å²) < 4.78 is 0. The predicted octanol–water partition coefficient (Wildman–Crippen LogP) is 3.44. The van der Waals surface area contributed by atoms with Gasteiger partial charge in [0.25, 0.3) is 0 Å². The molecule has 18 heavy (non-hydrogen) atoms. The standard InChI is InChI=1S/C16H27NO/c1-5-14(6-2)16(18)11-17-13(4)15-9-7-8-12(3)10-15/h7-10,13-14,16-18H,5-6,11H2,1-4H3. The van der Waals surface area contributed by atoms with Crippen molar-refractivity contribution in [2.45, 2.75) is 52.7 Å². The zero-order valence-corrected chi connectivity index (χ0v) is 12.1. The Bertz CT molecular complexity index is 347. The van der Waals surface area contributed by atoms with E-state index in [9.17, 15) is 5.11 Å². The van der Waals surface area contributed by atoms with Gasteiger partial charge in [0.15, 0.2) is 0 Å². The molecule has 2 atom stereocenters. The van der Waals surface area contributed by atoms with Gasteiger partial charge in [-0.3, -0.25) is 0 Å². The normalized spacial score (nSPS) is 14.8. The SMILES string of the molecule is CCC(CC)C(O)CNC(C)c1cccc(C)c1. The molecule has 1 rings (SSSR count). The van der Waals surface area contributed by atoms with Crippen molar-refractivity contribution in [3.63, 3.8) is 0 Å². The Morgan fingerprint density at radius 1 is 1.22 bits per heavy atom. The van der Waals surface area contributed by atoms with Crippen LogP contribution in [0.2, 0.25) is 0 Å². The zero-order chi connectivity index (χ0) is 13.5. The van der Waals surface area contributed by atoms with E-state index in [0.29, 0.717) is 12.5 Å². The first-order chi connectivity index (χ1) is 8.58. The topological polar surface area (TPSA) is 32.3 Å². The van der Waals surface area contributed by atoms with E-state index in [4.69, 9.17) is 0 Å². The molecular formula is C16H27NO. The number of hydrogen-bond acceptors (Lipinski definition) is 2. The molecule has 2 nitrogen and oxygen atoms in total. The van der Waals surface area contributed by atoms with Crippen LogP contribution in [0.4, 0.5) is 0 Å². The number of nitrogens with one attached hydrogen (secondary N) is 1. The van der Waals surface area contributed by atoms with Crippen molar-refractivity contribution in [1.82, 2.24) is 5.32 Å². The second kappa shape index (κ2) is 7.55. The molecule has 102 valence electrons. The summed E-state index contributed by atoms with van der Waals surface area (Å²) in [5.74, 6) is 0.405. The summed E-state index contributed by atoms with van der Waals surface area (Å²) in [5, 5.41) is 13.5. The lowest BCUT2D eigenvalue weighted by Crippen LogP contribution is -2.33. The van der Waals surface area contributed by atoms with Crippen LogP contribution in [-0.2, 0) is 0 Å². The van der Waals surface area contributed by atoms with Gasteiger partial charge in [-0.15, -0.1) is 0 Å². The van der Waals surface area contributed by atoms with Crippen LogP contribution in [0.3, 0.4) is 0 Å². The Morgan fingerprint density at radius 3 is 2.44 bits per heavy atom. The predicted molar refractivity (Wildman–Crippen MR) is 77.7 cm³/mol. The Labute approximate surface area is 111 Å². The van der Waals surface area contributed by atoms with Crippen LogP contribution < -0.4 is 5.32 Å². The van der Waals surface area contributed by atoms with Gasteiger partial charge in [-0.25, -0.2) is 0 Å². The lowest BCUT2D eigenvalue weighted by Gasteiger charge is -2.23. The molecule has 0 aliphatic heterocycles. The third-order valence-electron chi connectivity index (χ3n) is 3.77. The van der Waals surface area contributed by atoms with Crippen molar-refractivity contribution >= 4 is 0 Å². The summed E-state index contributed by atoms with van der Waals surface area (Å²) in [6.45, 7) is 9.20. The van der Waals surface area contributed by atoms with E-state index in [1.807, 2.05) is 0 Å². The highest BCUT2D eigenvalue weighted by molar-refractivity contribution is 5.24. The highest BCUT2D eigenvalue weighted by Crippen LogP contribution is 2.16. The largest absolute Gasteiger partial charge is 0.392 e. The molecule has 1 aromatic carbocycles. The number of aliphatic hydroxyl groups excluding tert-OH is 1. The fraction of sp³-hybridized carbons (Fsp3) is 0.625. The fourth-order valence-electron chi connectivity index (χ4n) is 2.35. The third kappa shape index (κ3) is 4.43. The van der Waals surface area contributed by atoms with Crippen LogP contribution in [0.25, 0.3) is 0 Å². The maximum absolute atomic E-state index is 10.1. The van der Waals surface area contributed by atoms with Crippen LogP contribution in [0.1, 0.15) is 50.8 Å². The molecule has 0 aliphatic rings. The summed E-state index contributed by atoms with van der Waals surface area (Å²) in [7, 11) is 0. The Kier molecular flexibility index (Phi) is 6.37. The van der Waals surface area contributed by atoms with Gasteiger partial charge < -0.3 is 10.4 Å². The maximum atomic E-state index is 10.1. The molecule has 1 aromatic rings. The molecule has 0 aromatic heterocycles. The summed E-state index contributed by atoms with van der Waals surface area (Å²) >= 11 is 0. The number of aryl methyl sites for hydroxylation is 1. The summed E-state index contributed by atoms with van der Waals surface area (Å²) in [5.41, 5.74) is 2.56. The van der Waals surface area contributed by atoms with Gasteiger partial charge in [0.2, 0.25) is 0 Å². The molecule has 0 radical (unpaired) electrons. The van der Waals surface area contributed by atoms with Gasteiger partial charge in [0, 0.05) is 12.6 Å². The van der Waals surface area contributed by atoms with Crippen molar-refractivity contribution in [3.8, 4) is 0 Å². The van der Waals surface area contributed by atoms with Crippen LogP contribution in [0.15, 0.2) is 24.3 Å². The number of benzene rings is 1. The second-order valence-corrected chi connectivity index (χ2v) is 5.19. The van der Waals surface area contributed by atoms with Crippen molar-refractivity contribution in [3.05, 3.63) is 35.4 Å². The number of aliphatic hydroxyl groups is 1. The van der Waals surface area contributed by atoms with E-state index in [1.165, 1.54) is 11.1 Å². The van der Waals surface area contributed by atoms with E-state index in [1.54, 1.807) is 0 Å². The summed E-state index contributed by atoms with van der Waals surface area (Å²) in [6, 6.07) is 8.80. The molecule has 0 spiro atoms. The zero-order valence-electron chi connectivity index (χ0n) is 12.1. The summed E-state index contributed by atoms with van der Waals surface area (Å²) in [4.78, 5) is 0. The first kappa shape index (κ1) is 15.2. The number of rotatable bonds is 7. The first-order valence-electron chi connectivity index (χ1n) is 7.06. The first-order valence-corrected chi connectivity index (χ1v) is 7.06. The average molecular weight is 249 g/mol. The molecule has 0 aliphatic carbocycles. The van der Waals surface area contributed by atoms with Crippen molar-refractivity contribution in [2.75, 3.05) is 6.54 Å². The van der Waals surface area contributed by atoms with E-state index in [2.05, 4.69) is 57.3 Å². The molecule has 0 saturated carbocycles. The third-order valence-corrected chi connectivity index (χ3v) is 3.77. The highest BCUT2D eigenvalue weighted by atomic mass is 16.3. The lowest BCUT2D eigenvalue weighted by molar-refractivity contribution is 0.0989. The Morgan fingerprint density at radius 2 is 1.89 bits per heavy atom. The van der Waals surface area contributed by atoms with Gasteiger partial charge >= 0.3 is 0 Å². The van der Waals surface area contributed by atoms with Gasteiger partial charge in [-0.2, -0.15) is 0 Å². The van der Waals surface area contributed by atoms with Gasteiger partial charge in [-0.1, -0.05) is 56.5 Å². The average Bonchev–Trinajstić information content (AvgIpc) is 2.37. The van der Waals surface area contributed by atoms with E-state index >= 15 is 0 Å². The Hall–Kier alpha value is -0.860. The maximum Gasteiger partial charge on any atom is 0.0692 e. The Balaban J connectivity index is 2.48. The van der Waals surface area contributed by atoms with Crippen LogP contribution in [0, 0.1) is 12.8 Å². The van der Waals surface area contributed by atoms with Crippen molar-refractivity contribution in [2.24, 2.45) is 5.92 Å². The van der Waals surface area contributed by atoms with E-state index < -0.39 is 0 Å². The number of hydrogen-bond donors (Lipinski definition) is 2. The minimum atomic E-state index is -0.243. The van der Waals surface area contributed by atoms with Crippen LogP contribution >= 0.6 is 0 Å². The lowest BCUT2D eigenvalue weighted by atomic mass is 9.96. The van der Waals surface area contributed by atoms with Crippen molar-refractivity contribution < 1.29 is 5.11 Å². The highest BCUT2D eigenvalue weighted by Gasteiger charge is 2.16. The molecule has 0 heterocycles. The molecule has 2 unspecified atom stereocenters.